The third kappa shape index (κ3) is 3.96. The van der Waals surface area contributed by atoms with Crippen LogP contribution in [0.5, 0.6) is 11.5 Å². The zero-order chi connectivity index (χ0) is 38.4. The van der Waals surface area contributed by atoms with Crippen molar-refractivity contribution in [2.75, 3.05) is 0 Å². The molecule has 0 saturated carbocycles. The average Bonchev–Trinajstić information content (AvgIpc) is 3.92. The van der Waals surface area contributed by atoms with Gasteiger partial charge in [0.15, 0.2) is 0 Å². The summed E-state index contributed by atoms with van der Waals surface area (Å²) in [5.74, 6) is 1.81. The third-order valence-electron chi connectivity index (χ3n) is 13.5. The van der Waals surface area contributed by atoms with Crippen LogP contribution in [-0.4, -0.2) is 0 Å². The van der Waals surface area contributed by atoms with Crippen LogP contribution in [0.4, 0.5) is 0 Å². The molecule has 0 fully saturated rings. The first kappa shape index (κ1) is 31.4. The van der Waals surface area contributed by atoms with Crippen molar-refractivity contribution in [1.82, 2.24) is 0 Å². The maximum Gasteiger partial charge on any atom is 0.136 e. The Kier molecular flexibility index (Phi) is 5.99. The van der Waals surface area contributed by atoms with E-state index in [4.69, 9.17) is 9.15 Å². The van der Waals surface area contributed by atoms with Crippen LogP contribution >= 0.6 is 0 Å². The summed E-state index contributed by atoms with van der Waals surface area (Å²) in [6, 6.07) is 71.4. The van der Waals surface area contributed by atoms with Crippen LogP contribution in [0.2, 0.25) is 0 Å². The van der Waals surface area contributed by atoms with Crippen LogP contribution in [0, 0.1) is 0 Å². The van der Waals surface area contributed by atoms with Gasteiger partial charge in [-0.05, 0) is 125 Å². The average molecular weight is 749 g/mol. The van der Waals surface area contributed by atoms with E-state index in [1.165, 1.54) is 82.9 Å². The van der Waals surface area contributed by atoms with E-state index in [1.54, 1.807) is 0 Å². The molecule has 0 atom stereocenters. The summed E-state index contributed by atoms with van der Waals surface area (Å²) in [6.07, 6.45) is 0. The number of fused-ring (bicyclic) bond motifs is 17. The van der Waals surface area contributed by atoms with Crippen LogP contribution in [-0.2, 0) is 5.41 Å². The van der Waals surface area contributed by atoms with Gasteiger partial charge in [-0.3, -0.25) is 0 Å². The lowest BCUT2D eigenvalue weighted by Gasteiger charge is -2.31. The molecule has 3 aliphatic rings. The van der Waals surface area contributed by atoms with Crippen LogP contribution in [0.1, 0.15) is 22.3 Å². The molecule has 2 heterocycles. The second-order valence-electron chi connectivity index (χ2n) is 16.2. The smallest absolute Gasteiger partial charge is 0.136 e. The Labute approximate surface area is 340 Å². The predicted molar refractivity (Wildman–Crippen MR) is 241 cm³/mol. The Morgan fingerprint density at radius 3 is 1.78 bits per heavy atom. The fraction of sp³-hybridized carbons (Fsp3) is 0.0175. The Balaban J connectivity index is 1.04. The number of hydrogen-bond acceptors (Lipinski definition) is 2. The van der Waals surface area contributed by atoms with Crippen molar-refractivity contribution in [2.45, 2.75) is 5.41 Å². The standard InChI is InChI=1S/C57H32O2/c1-5-19-47-38(11-1)39-12-2-6-20-48(39)57(47)49-29-27-37-35(34-23-25-42-40-13-3-7-21-51(40)59-54(42)32-34)15-9-17-44(37)55(49)46-26-24-33(31-50(46)57)36-28-30-53-56-43(36)16-10-18-45(56)41-14-4-8-22-52(41)58-53/h1-32H. The van der Waals surface area contributed by atoms with Gasteiger partial charge in [-0.2, -0.15) is 0 Å². The van der Waals surface area contributed by atoms with Gasteiger partial charge in [-0.1, -0.05) is 158 Å². The van der Waals surface area contributed by atoms with Crippen LogP contribution < -0.4 is 4.74 Å². The Morgan fingerprint density at radius 2 is 0.915 bits per heavy atom. The first-order valence-electron chi connectivity index (χ1n) is 20.4. The highest BCUT2D eigenvalue weighted by molar-refractivity contribution is 6.13. The molecule has 2 aliphatic carbocycles. The van der Waals surface area contributed by atoms with Gasteiger partial charge in [-0.15, -0.1) is 0 Å². The van der Waals surface area contributed by atoms with Gasteiger partial charge >= 0.3 is 0 Å². The summed E-state index contributed by atoms with van der Waals surface area (Å²) in [6.45, 7) is 0. The number of para-hydroxylation sites is 2. The first-order valence-corrected chi connectivity index (χ1v) is 20.4. The zero-order valence-corrected chi connectivity index (χ0v) is 31.8. The quantitative estimate of drug-likeness (QED) is 0.176. The molecular formula is C57H32O2. The molecule has 1 aromatic heterocycles. The molecule has 14 rings (SSSR count). The largest absolute Gasteiger partial charge is 0.456 e. The topological polar surface area (TPSA) is 22.4 Å². The number of furan rings is 1. The molecule has 2 heteroatoms. The van der Waals surface area contributed by atoms with Gasteiger partial charge in [0.1, 0.15) is 22.7 Å². The fourth-order valence-corrected chi connectivity index (χ4v) is 11.1. The van der Waals surface area contributed by atoms with Crippen molar-refractivity contribution in [3.05, 3.63) is 216 Å². The van der Waals surface area contributed by atoms with Crippen molar-refractivity contribution in [3.63, 3.8) is 0 Å². The number of rotatable bonds is 2. The molecule has 59 heavy (non-hydrogen) atoms. The van der Waals surface area contributed by atoms with Gasteiger partial charge in [0.05, 0.1) is 5.41 Å². The van der Waals surface area contributed by atoms with Crippen molar-refractivity contribution in [3.8, 4) is 67.1 Å². The van der Waals surface area contributed by atoms with Gasteiger partial charge in [0.2, 0.25) is 0 Å². The summed E-state index contributed by atoms with van der Waals surface area (Å²) in [4.78, 5) is 0. The van der Waals surface area contributed by atoms with E-state index < -0.39 is 5.41 Å². The van der Waals surface area contributed by atoms with Crippen molar-refractivity contribution in [1.29, 1.82) is 0 Å². The van der Waals surface area contributed by atoms with E-state index >= 15 is 0 Å². The van der Waals surface area contributed by atoms with E-state index in [1.807, 2.05) is 18.2 Å². The fourth-order valence-electron chi connectivity index (χ4n) is 11.1. The summed E-state index contributed by atoms with van der Waals surface area (Å²) in [5.41, 5.74) is 19.0. The van der Waals surface area contributed by atoms with E-state index in [-0.39, 0.29) is 0 Å². The summed E-state index contributed by atoms with van der Waals surface area (Å²) in [5, 5.41) is 7.14. The molecule has 0 bridgehead atoms. The summed E-state index contributed by atoms with van der Waals surface area (Å²) >= 11 is 0. The Hall–Kier alpha value is -7.68. The van der Waals surface area contributed by atoms with Crippen molar-refractivity contribution >= 4 is 43.5 Å². The summed E-state index contributed by atoms with van der Waals surface area (Å²) in [7, 11) is 0. The normalized spacial score (nSPS) is 13.7. The lowest BCUT2D eigenvalue weighted by Crippen LogP contribution is -2.25. The molecular weight excluding hydrogens is 717 g/mol. The molecule has 272 valence electrons. The molecule has 1 spiro atoms. The molecule has 0 amide bonds. The summed E-state index contributed by atoms with van der Waals surface area (Å²) < 4.78 is 12.9. The molecule has 10 aromatic carbocycles. The van der Waals surface area contributed by atoms with E-state index in [0.29, 0.717) is 0 Å². The second kappa shape index (κ2) is 11.2. The molecule has 1 aliphatic heterocycles. The maximum atomic E-state index is 6.52. The van der Waals surface area contributed by atoms with Crippen LogP contribution in [0.15, 0.2) is 199 Å². The molecule has 0 unspecified atom stereocenters. The lowest BCUT2D eigenvalue weighted by molar-refractivity contribution is 0.487. The minimum absolute atomic E-state index is 0.486. The van der Waals surface area contributed by atoms with Crippen LogP contribution in [0.3, 0.4) is 0 Å². The molecule has 0 saturated heterocycles. The highest BCUT2D eigenvalue weighted by Gasteiger charge is 2.52. The van der Waals surface area contributed by atoms with E-state index in [2.05, 4.69) is 176 Å². The van der Waals surface area contributed by atoms with Gasteiger partial charge in [0, 0.05) is 21.7 Å². The van der Waals surface area contributed by atoms with E-state index in [0.717, 1.165) is 50.0 Å². The minimum Gasteiger partial charge on any atom is -0.456 e. The van der Waals surface area contributed by atoms with Gasteiger partial charge < -0.3 is 9.15 Å². The Morgan fingerprint density at radius 1 is 0.305 bits per heavy atom. The molecule has 0 N–H and O–H groups in total. The van der Waals surface area contributed by atoms with Gasteiger partial charge in [0.25, 0.3) is 0 Å². The monoisotopic (exact) mass is 748 g/mol. The third-order valence-corrected chi connectivity index (χ3v) is 13.5. The minimum atomic E-state index is -0.486. The second-order valence-corrected chi connectivity index (χ2v) is 16.2. The molecule has 2 nitrogen and oxygen atoms in total. The molecule has 11 aromatic rings. The highest BCUT2D eigenvalue weighted by atomic mass is 16.5. The zero-order valence-electron chi connectivity index (χ0n) is 31.8. The van der Waals surface area contributed by atoms with Crippen LogP contribution in [0.25, 0.3) is 99.1 Å². The SMILES string of the molecule is c1ccc2c(c1)Oc1ccc(-c3ccc4c(c3)C3(c5ccccc5-c5ccccc53)c3ccc5c(-c6ccc7c(c6)oc6ccccc67)cccc5c3-4)c3cccc-2c13. The Bertz CT molecular complexity index is 3610. The highest BCUT2D eigenvalue weighted by Crippen LogP contribution is 2.64. The first-order chi connectivity index (χ1) is 29.3. The number of ether oxygens (including phenoxy) is 1. The lowest BCUT2D eigenvalue weighted by atomic mass is 9.70. The number of benzene rings is 10. The predicted octanol–water partition coefficient (Wildman–Crippen LogP) is 15.3. The van der Waals surface area contributed by atoms with Gasteiger partial charge in [-0.25, -0.2) is 0 Å². The maximum absolute atomic E-state index is 6.52. The van der Waals surface area contributed by atoms with Crippen molar-refractivity contribution in [2.24, 2.45) is 0 Å². The van der Waals surface area contributed by atoms with Crippen molar-refractivity contribution < 1.29 is 9.15 Å². The van der Waals surface area contributed by atoms with E-state index in [9.17, 15) is 0 Å². The molecule has 0 radical (unpaired) electrons. The number of hydrogen-bond donors (Lipinski definition) is 0.